The van der Waals surface area contributed by atoms with E-state index in [1.54, 1.807) is 0 Å². The minimum Gasteiger partial charge on any atom is -0.321 e. The zero-order valence-corrected chi connectivity index (χ0v) is 17.7. The first-order chi connectivity index (χ1) is 15.1. The van der Waals surface area contributed by atoms with Crippen molar-refractivity contribution in [3.05, 3.63) is 63.6 Å². The number of carbonyl (C=O) groups excluding carboxylic acids is 2. The topological polar surface area (TPSA) is 70.6 Å². The Kier molecular flexibility index (Phi) is 7.64. The number of nitrogens with one attached hydrogen (secondary N) is 2. The van der Waals surface area contributed by atoms with Crippen molar-refractivity contribution in [2.24, 2.45) is 5.10 Å². The van der Waals surface area contributed by atoms with E-state index in [-0.39, 0.29) is 26.9 Å². The second kappa shape index (κ2) is 9.56. The summed E-state index contributed by atoms with van der Waals surface area (Å²) in [6.07, 6.45) is -6.65. The summed E-state index contributed by atoms with van der Waals surface area (Å²) in [7, 11) is 0. The van der Waals surface area contributed by atoms with Gasteiger partial charge in [0.1, 0.15) is 0 Å². The number of hydrazone groups is 1. The highest BCUT2D eigenvalue weighted by Crippen LogP contribution is 2.46. The molecular weight excluding hydrogens is 506 g/mol. The lowest BCUT2D eigenvalue weighted by Gasteiger charge is -2.27. The molecule has 0 aliphatic carbocycles. The number of hydrogen-bond donors (Lipinski definition) is 2. The van der Waals surface area contributed by atoms with Crippen LogP contribution >= 0.6 is 23.2 Å². The first kappa shape index (κ1) is 26.4. The third-order valence-corrected chi connectivity index (χ3v) is 4.64. The van der Waals surface area contributed by atoms with Crippen LogP contribution in [0.5, 0.6) is 0 Å². The lowest BCUT2D eigenvalue weighted by Crippen LogP contribution is -2.57. The van der Waals surface area contributed by atoms with Gasteiger partial charge in [0.25, 0.3) is 5.91 Å². The number of benzene rings is 2. The van der Waals surface area contributed by atoms with Crippen LogP contribution in [0, 0.1) is 0 Å². The van der Waals surface area contributed by atoms with E-state index in [4.69, 9.17) is 23.2 Å². The van der Waals surface area contributed by atoms with Crippen LogP contribution in [0.3, 0.4) is 0 Å². The quantitative estimate of drug-likeness (QED) is 0.283. The Morgan fingerprint density at radius 2 is 1.58 bits per heavy atom. The fourth-order valence-electron chi connectivity index (χ4n) is 2.28. The van der Waals surface area contributed by atoms with Crippen molar-refractivity contribution in [3.63, 3.8) is 0 Å². The third kappa shape index (κ3) is 5.74. The Balaban J connectivity index is 2.19. The molecule has 0 radical (unpaired) electrons. The number of rotatable bonds is 6. The molecule has 0 bridgehead atoms. The molecule has 0 saturated carbocycles. The van der Waals surface area contributed by atoms with Crippen LogP contribution in [0.2, 0.25) is 10.0 Å². The van der Waals surface area contributed by atoms with E-state index in [2.05, 4.69) is 10.5 Å². The van der Waals surface area contributed by atoms with Gasteiger partial charge in [-0.1, -0.05) is 35.3 Å². The molecule has 2 rings (SSSR count). The molecule has 0 aliphatic heterocycles. The van der Waals surface area contributed by atoms with Crippen molar-refractivity contribution in [2.75, 3.05) is 5.32 Å². The van der Waals surface area contributed by atoms with Crippen LogP contribution in [-0.4, -0.2) is 35.5 Å². The number of carbonyl (C=O) groups is 2. The van der Waals surface area contributed by atoms with Crippen LogP contribution in [0.4, 0.5) is 36.4 Å². The minimum atomic E-state index is -6.65. The van der Waals surface area contributed by atoms with Crippen LogP contribution in [0.15, 0.2) is 47.6 Å². The van der Waals surface area contributed by atoms with E-state index in [1.807, 2.05) is 0 Å². The second-order valence-electron chi connectivity index (χ2n) is 6.44. The Morgan fingerprint density at radius 3 is 2.18 bits per heavy atom. The molecule has 0 aliphatic rings. The van der Waals surface area contributed by atoms with E-state index in [0.717, 1.165) is 12.1 Å². The van der Waals surface area contributed by atoms with Gasteiger partial charge in [0, 0.05) is 10.7 Å². The number of alkyl halides is 7. The van der Waals surface area contributed by atoms with Crippen molar-refractivity contribution < 1.29 is 40.3 Å². The molecule has 2 N–H and O–H groups in total. The van der Waals surface area contributed by atoms with Gasteiger partial charge in [0.15, 0.2) is 0 Å². The molecule has 0 aromatic heterocycles. The maximum Gasteiger partial charge on any atom is 0.460 e. The summed E-state index contributed by atoms with van der Waals surface area (Å²) >= 11 is 11.7. The van der Waals surface area contributed by atoms with Crippen molar-refractivity contribution >= 4 is 46.4 Å². The predicted molar refractivity (Wildman–Crippen MR) is 107 cm³/mol. The normalized spacial score (nSPS) is 13.0. The van der Waals surface area contributed by atoms with Gasteiger partial charge >= 0.3 is 23.9 Å². The number of nitrogens with zero attached hydrogens (tertiary/aromatic N) is 1. The summed E-state index contributed by atoms with van der Waals surface area (Å²) in [4.78, 5) is 23.7. The van der Waals surface area contributed by atoms with Gasteiger partial charge in [0.05, 0.1) is 16.3 Å². The highest BCUT2D eigenvalue weighted by atomic mass is 35.5. The Labute approximate surface area is 191 Å². The fourth-order valence-corrected chi connectivity index (χ4v) is 2.66. The summed E-state index contributed by atoms with van der Waals surface area (Å²) in [6, 6.07) is 8.56. The molecule has 5 nitrogen and oxygen atoms in total. The minimum absolute atomic E-state index is 0.00504. The van der Waals surface area contributed by atoms with E-state index >= 15 is 0 Å². The molecular formula is C19H12Cl2F7N3O2. The second-order valence-corrected chi connectivity index (χ2v) is 7.29. The number of amides is 2. The van der Waals surface area contributed by atoms with E-state index < -0.39 is 35.5 Å². The molecule has 2 aromatic rings. The van der Waals surface area contributed by atoms with Gasteiger partial charge in [-0.2, -0.15) is 35.8 Å². The van der Waals surface area contributed by atoms with Crippen LogP contribution in [-0.2, 0) is 4.79 Å². The first-order valence-corrected chi connectivity index (χ1v) is 9.37. The summed E-state index contributed by atoms with van der Waals surface area (Å²) in [5.74, 6) is -16.3. The van der Waals surface area contributed by atoms with Gasteiger partial charge in [-0.05, 0) is 42.8 Å². The van der Waals surface area contributed by atoms with Gasteiger partial charge in [-0.3, -0.25) is 9.59 Å². The first-order valence-electron chi connectivity index (χ1n) is 8.62. The predicted octanol–water partition coefficient (Wildman–Crippen LogP) is 5.92. The highest BCUT2D eigenvalue weighted by Gasteiger charge is 2.76. The summed E-state index contributed by atoms with van der Waals surface area (Å²) in [5.41, 5.74) is 1.80. The molecule has 33 heavy (non-hydrogen) atoms. The summed E-state index contributed by atoms with van der Waals surface area (Å²) < 4.78 is 89.8. The third-order valence-electron chi connectivity index (χ3n) is 4.07. The molecule has 0 fully saturated rings. The number of anilines is 1. The molecule has 0 atom stereocenters. The molecule has 14 heteroatoms. The number of hydrogen-bond acceptors (Lipinski definition) is 3. The standard InChI is InChI=1S/C19H12Cl2F7N3O2/c1-9(30-31-15(32)13-8-11(20)5-6-14(13)21)10-3-2-4-12(7-10)29-16(33)17(22,23)18(24,25)19(26,27)28/h2-8H,1H3,(H,29,33)(H,31,32). The van der Waals surface area contributed by atoms with Crippen molar-refractivity contribution in [3.8, 4) is 0 Å². The average molecular weight is 518 g/mol. The monoisotopic (exact) mass is 517 g/mol. The van der Waals surface area contributed by atoms with Crippen LogP contribution < -0.4 is 10.7 Å². The Morgan fingerprint density at radius 1 is 0.939 bits per heavy atom. The Bertz CT molecular complexity index is 1110. The van der Waals surface area contributed by atoms with Gasteiger partial charge < -0.3 is 5.32 Å². The van der Waals surface area contributed by atoms with Gasteiger partial charge in [0.2, 0.25) is 0 Å². The molecule has 0 heterocycles. The zero-order valence-electron chi connectivity index (χ0n) is 16.2. The molecule has 0 spiro atoms. The fraction of sp³-hybridized carbons (Fsp3) is 0.211. The SMILES string of the molecule is CC(=NNC(=O)c1cc(Cl)ccc1Cl)c1cccc(NC(=O)C(F)(F)C(F)(F)C(F)(F)F)c1. The average Bonchev–Trinajstić information content (AvgIpc) is 2.72. The van der Waals surface area contributed by atoms with E-state index in [1.165, 1.54) is 42.6 Å². The highest BCUT2D eigenvalue weighted by molar-refractivity contribution is 6.35. The maximum absolute atomic E-state index is 13.5. The van der Waals surface area contributed by atoms with Crippen LogP contribution in [0.1, 0.15) is 22.8 Å². The lowest BCUT2D eigenvalue weighted by molar-refractivity contribution is -0.343. The maximum atomic E-state index is 13.5. The summed E-state index contributed by atoms with van der Waals surface area (Å²) in [5, 5.41) is 5.38. The van der Waals surface area contributed by atoms with Crippen LogP contribution in [0.25, 0.3) is 0 Å². The van der Waals surface area contributed by atoms with Crippen molar-refractivity contribution in [2.45, 2.75) is 24.9 Å². The lowest BCUT2D eigenvalue weighted by atomic mass is 10.1. The van der Waals surface area contributed by atoms with E-state index in [9.17, 15) is 40.3 Å². The Hall–Kier alpha value is -2.86. The molecule has 0 unspecified atom stereocenters. The van der Waals surface area contributed by atoms with Crippen molar-refractivity contribution in [1.82, 2.24) is 5.43 Å². The van der Waals surface area contributed by atoms with Gasteiger partial charge in [-0.15, -0.1) is 0 Å². The van der Waals surface area contributed by atoms with Crippen molar-refractivity contribution in [1.29, 1.82) is 0 Å². The number of halogens is 9. The molecule has 0 saturated heterocycles. The smallest absolute Gasteiger partial charge is 0.321 e. The molecule has 2 aromatic carbocycles. The van der Waals surface area contributed by atoms with E-state index in [0.29, 0.717) is 0 Å². The summed E-state index contributed by atoms with van der Waals surface area (Å²) in [6.45, 7) is 1.35. The largest absolute Gasteiger partial charge is 0.460 e. The zero-order chi connectivity index (χ0) is 25.2. The molecule has 178 valence electrons. The molecule has 2 amide bonds. The van der Waals surface area contributed by atoms with Gasteiger partial charge in [-0.25, -0.2) is 5.43 Å².